The third kappa shape index (κ3) is 4.14. The highest BCUT2D eigenvalue weighted by atomic mass is 35.5. The van der Waals surface area contributed by atoms with Crippen LogP contribution in [-0.2, 0) is 0 Å². The van der Waals surface area contributed by atoms with Gasteiger partial charge in [0.2, 0.25) is 0 Å². The van der Waals surface area contributed by atoms with E-state index in [0.29, 0.717) is 0 Å². The van der Waals surface area contributed by atoms with Crippen molar-refractivity contribution in [2.75, 3.05) is 6.54 Å². The zero-order valence-corrected chi connectivity index (χ0v) is 14.8. The van der Waals surface area contributed by atoms with Crippen LogP contribution in [0.2, 0.25) is 0 Å². The lowest BCUT2D eigenvalue weighted by Crippen LogP contribution is -2.51. The molecular weight excluding hydrogens is 333 g/mol. The van der Waals surface area contributed by atoms with E-state index in [1.807, 2.05) is 42.2 Å². The lowest BCUT2D eigenvalue weighted by atomic mass is 9.96. The van der Waals surface area contributed by atoms with Gasteiger partial charge in [-0.15, -0.1) is 24.8 Å². The van der Waals surface area contributed by atoms with Crippen LogP contribution in [0.1, 0.15) is 36.5 Å². The summed E-state index contributed by atoms with van der Waals surface area (Å²) in [7, 11) is 0. The molecule has 1 amide bonds. The maximum absolute atomic E-state index is 12.8. The Bertz CT molecular complexity index is 663. The summed E-state index contributed by atoms with van der Waals surface area (Å²) in [5, 5.41) is 0.998. The van der Waals surface area contributed by atoms with Gasteiger partial charge in [-0.05, 0) is 50.5 Å². The molecule has 3 rings (SSSR count). The summed E-state index contributed by atoms with van der Waals surface area (Å²) in [4.78, 5) is 19.1. The van der Waals surface area contributed by atoms with Crippen molar-refractivity contribution in [1.82, 2.24) is 9.88 Å². The highest BCUT2D eigenvalue weighted by Crippen LogP contribution is 2.22. The van der Waals surface area contributed by atoms with Crippen LogP contribution >= 0.6 is 24.8 Å². The summed E-state index contributed by atoms with van der Waals surface area (Å²) in [6, 6.07) is 9.74. The molecule has 0 spiro atoms. The first-order valence-electron chi connectivity index (χ1n) is 7.58. The maximum atomic E-state index is 12.8. The Hall–Kier alpha value is -1.36. The number of hydrogen-bond donors (Lipinski definition) is 1. The largest absolute Gasteiger partial charge is 0.334 e. The molecule has 1 aliphatic heterocycles. The Kier molecular flexibility index (Phi) is 7.26. The number of likely N-dealkylation sites (tertiary alicyclic amines) is 1. The summed E-state index contributed by atoms with van der Waals surface area (Å²) >= 11 is 0. The number of halogens is 2. The van der Waals surface area contributed by atoms with Gasteiger partial charge in [-0.2, -0.15) is 0 Å². The summed E-state index contributed by atoms with van der Waals surface area (Å²) in [6.45, 7) is 2.79. The zero-order chi connectivity index (χ0) is 14.8. The summed E-state index contributed by atoms with van der Waals surface area (Å²) in [5.41, 5.74) is 7.70. The molecule has 2 N–H and O–H groups in total. The molecule has 2 atom stereocenters. The fraction of sp³-hybridized carbons (Fsp3) is 0.412. The number of amides is 1. The minimum absolute atomic E-state index is 0. The van der Waals surface area contributed by atoms with Crippen molar-refractivity contribution in [3.63, 3.8) is 0 Å². The number of pyridine rings is 1. The molecule has 0 radical (unpaired) electrons. The third-order valence-corrected chi connectivity index (χ3v) is 4.27. The fourth-order valence-electron chi connectivity index (χ4n) is 3.13. The topological polar surface area (TPSA) is 59.2 Å². The minimum Gasteiger partial charge on any atom is -0.334 e. The van der Waals surface area contributed by atoms with E-state index < -0.39 is 0 Å². The minimum atomic E-state index is 0. The first-order valence-corrected chi connectivity index (χ1v) is 7.58. The lowest BCUT2D eigenvalue weighted by Gasteiger charge is -2.38. The van der Waals surface area contributed by atoms with Crippen molar-refractivity contribution >= 4 is 41.6 Å². The van der Waals surface area contributed by atoms with Crippen molar-refractivity contribution in [1.29, 1.82) is 0 Å². The molecule has 0 saturated carbocycles. The maximum Gasteiger partial charge on any atom is 0.254 e. The molecular formula is C17H23Cl2N3O. The van der Waals surface area contributed by atoms with Gasteiger partial charge in [0.05, 0.1) is 5.52 Å². The van der Waals surface area contributed by atoms with Crippen LogP contribution < -0.4 is 5.73 Å². The number of carbonyl (C=O) groups is 1. The van der Waals surface area contributed by atoms with Crippen molar-refractivity contribution in [2.45, 2.75) is 38.3 Å². The molecule has 23 heavy (non-hydrogen) atoms. The van der Waals surface area contributed by atoms with Gasteiger partial charge < -0.3 is 10.6 Å². The van der Waals surface area contributed by atoms with E-state index >= 15 is 0 Å². The van der Waals surface area contributed by atoms with Crippen LogP contribution in [0.15, 0.2) is 36.5 Å². The second-order valence-electron chi connectivity index (χ2n) is 5.83. The third-order valence-electron chi connectivity index (χ3n) is 4.27. The molecule has 0 bridgehead atoms. The van der Waals surface area contributed by atoms with Gasteiger partial charge in [0, 0.05) is 35.8 Å². The van der Waals surface area contributed by atoms with Crippen molar-refractivity contribution in [3.05, 3.63) is 42.1 Å². The van der Waals surface area contributed by atoms with Crippen molar-refractivity contribution in [3.8, 4) is 0 Å². The first kappa shape index (κ1) is 19.7. The number of piperidine rings is 1. The van der Waals surface area contributed by atoms with Gasteiger partial charge in [-0.3, -0.25) is 9.78 Å². The molecule has 6 heteroatoms. The second-order valence-corrected chi connectivity index (χ2v) is 5.83. The van der Waals surface area contributed by atoms with Gasteiger partial charge in [0.15, 0.2) is 0 Å². The van der Waals surface area contributed by atoms with Crippen LogP contribution in [-0.4, -0.2) is 34.4 Å². The average Bonchev–Trinajstić information content (AvgIpc) is 2.53. The van der Waals surface area contributed by atoms with E-state index in [1.54, 1.807) is 6.20 Å². The highest BCUT2D eigenvalue weighted by molar-refractivity contribution is 5.98. The van der Waals surface area contributed by atoms with Gasteiger partial charge in [-0.1, -0.05) is 6.07 Å². The number of fused-ring (bicyclic) bond motifs is 1. The fourth-order valence-corrected chi connectivity index (χ4v) is 3.13. The molecule has 126 valence electrons. The smallest absolute Gasteiger partial charge is 0.254 e. The molecule has 2 unspecified atom stereocenters. The number of nitrogens with two attached hydrogens (primary N) is 1. The SMILES string of the molecule is CC(N)C1CCCCN1C(=O)c1ccc2ncccc2c1.Cl.Cl. The van der Waals surface area contributed by atoms with Crippen LogP contribution in [0.3, 0.4) is 0 Å². The van der Waals surface area contributed by atoms with Gasteiger partial charge in [-0.25, -0.2) is 0 Å². The number of hydrogen-bond acceptors (Lipinski definition) is 3. The molecule has 2 heterocycles. The lowest BCUT2D eigenvalue weighted by molar-refractivity contribution is 0.0584. The number of aromatic nitrogens is 1. The predicted octanol–water partition coefficient (Wildman–Crippen LogP) is 3.42. The average molecular weight is 356 g/mol. The predicted molar refractivity (Wildman–Crippen MR) is 98.6 cm³/mol. The van der Waals surface area contributed by atoms with E-state index in [1.165, 1.54) is 0 Å². The second kappa shape index (κ2) is 8.48. The van der Waals surface area contributed by atoms with E-state index in [0.717, 1.165) is 42.3 Å². The number of carbonyl (C=O) groups excluding carboxylic acids is 1. The Morgan fingerprint density at radius 1 is 1.30 bits per heavy atom. The van der Waals surface area contributed by atoms with Gasteiger partial charge in [0.1, 0.15) is 0 Å². The molecule has 1 aromatic carbocycles. The van der Waals surface area contributed by atoms with Crippen LogP contribution in [0.25, 0.3) is 10.9 Å². The Labute approximate surface area is 149 Å². The number of rotatable bonds is 2. The molecule has 2 aromatic rings. The quantitative estimate of drug-likeness (QED) is 0.897. The Balaban J connectivity index is 0.00000132. The summed E-state index contributed by atoms with van der Waals surface area (Å²) in [5.74, 6) is 0.0859. The zero-order valence-electron chi connectivity index (χ0n) is 13.1. The van der Waals surface area contributed by atoms with Gasteiger partial charge in [0.25, 0.3) is 5.91 Å². The highest BCUT2D eigenvalue weighted by Gasteiger charge is 2.29. The molecule has 1 aromatic heterocycles. The van der Waals surface area contributed by atoms with E-state index in [-0.39, 0.29) is 42.8 Å². The normalized spacial score (nSPS) is 18.7. The molecule has 1 fully saturated rings. The van der Waals surface area contributed by atoms with Gasteiger partial charge >= 0.3 is 0 Å². The molecule has 1 aliphatic rings. The molecule has 4 nitrogen and oxygen atoms in total. The van der Waals surface area contributed by atoms with Crippen molar-refractivity contribution < 1.29 is 4.79 Å². The van der Waals surface area contributed by atoms with E-state index in [4.69, 9.17) is 5.73 Å². The van der Waals surface area contributed by atoms with Crippen LogP contribution in [0.4, 0.5) is 0 Å². The van der Waals surface area contributed by atoms with E-state index in [2.05, 4.69) is 4.98 Å². The summed E-state index contributed by atoms with van der Waals surface area (Å²) < 4.78 is 0. The van der Waals surface area contributed by atoms with Crippen LogP contribution in [0.5, 0.6) is 0 Å². The standard InChI is InChI=1S/C17H21N3O.2ClH/c1-12(18)16-6-2-3-10-20(16)17(21)14-7-8-15-13(11-14)5-4-9-19-15;;/h4-5,7-9,11-12,16H,2-3,6,10,18H2,1H3;2*1H. The number of nitrogens with zero attached hydrogens (tertiary/aromatic N) is 2. The van der Waals surface area contributed by atoms with Crippen molar-refractivity contribution in [2.24, 2.45) is 5.73 Å². The molecule has 0 aliphatic carbocycles. The first-order chi connectivity index (χ1) is 10.2. The van der Waals surface area contributed by atoms with E-state index in [9.17, 15) is 4.79 Å². The summed E-state index contributed by atoms with van der Waals surface area (Å²) in [6.07, 6.45) is 4.97. The Morgan fingerprint density at radius 2 is 2.09 bits per heavy atom. The van der Waals surface area contributed by atoms with Crippen LogP contribution in [0, 0.1) is 0 Å². The monoisotopic (exact) mass is 355 g/mol. The number of benzene rings is 1. The molecule has 1 saturated heterocycles. The Morgan fingerprint density at radius 3 is 2.83 bits per heavy atom.